The predicted molar refractivity (Wildman–Crippen MR) is 112 cm³/mol. The molecule has 146 valence electrons. The number of H-pyrrole nitrogens is 1. The number of hydrogen-bond donors (Lipinski definition) is 4. The Labute approximate surface area is 164 Å². The SMILES string of the molecule is O=C(Nc1ccc(NCCc2c[nH]c3ccccc23)nn1)NC1CCCCC1. The normalized spacial score (nSPS) is 14.7. The quantitative estimate of drug-likeness (QED) is 0.520. The number of anilines is 2. The maximum atomic E-state index is 12.1. The van der Waals surface area contributed by atoms with Gasteiger partial charge in [-0.3, -0.25) is 5.32 Å². The Morgan fingerprint density at radius 2 is 1.82 bits per heavy atom. The Kier molecular flexibility index (Phi) is 5.70. The first-order valence-electron chi connectivity index (χ1n) is 9.98. The van der Waals surface area contributed by atoms with Gasteiger partial charge in [-0.2, -0.15) is 0 Å². The average molecular weight is 378 g/mol. The fourth-order valence-corrected chi connectivity index (χ4v) is 3.74. The van der Waals surface area contributed by atoms with Crippen molar-refractivity contribution in [1.82, 2.24) is 20.5 Å². The van der Waals surface area contributed by atoms with E-state index < -0.39 is 0 Å². The van der Waals surface area contributed by atoms with Gasteiger partial charge >= 0.3 is 6.03 Å². The molecule has 2 amide bonds. The van der Waals surface area contributed by atoms with Crippen molar-refractivity contribution in [2.24, 2.45) is 0 Å². The topological polar surface area (TPSA) is 94.7 Å². The number of fused-ring (bicyclic) bond motifs is 1. The maximum absolute atomic E-state index is 12.1. The molecule has 1 saturated carbocycles. The second-order valence-electron chi connectivity index (χ2n) is 7.27. The van der Waals surface area contributed by atoms with E-state index in [1.807, 2.05) is 12.1 Å². The van der Waals surface area contributed by atoms with Crippen LogP contribution in [0.4, 0.5) is 16.4 Å². The van der Waals surface area contributed by atoms with Gasteiger partial charge in [0.05, 0.1) is 0 Å². The molecule has 1 aliphatic rings. The highest BCUT2D eigenvalue weighted by atomic mass is 16.2. The van der Waals surface area contributed by atoms with Crippen molar-refractivity contribution in [3.05, 3.63) is 48.2 Å². The lowest BCUT2D eigenvalue weighted by atomic mass is 9.96. The minimum absolute atomic E-state index is 0.207. The van der Waals surface area contributed by atoms with E-state index in [0.29, 0.717) is 11.6 Å². The monoisotopic (exact) mass is 378 g/mol. The molecule has 1 aromatic carbocycles. The van der Waals surface area contributed by atoms with Crippen molar-refractivity contribution in [1.29, 1.82) is 0 Å². The van der Waals surface area contributed by atoms with E-state index in [9.17, 15) is 4.79 Å². The Bertz CT molecular complexity index is 914. The minimum Gasteiger partial charge on any atom is -0.368 e. The number of amides is 2. The van der Waals surface area contributed by atoms with E-state index in [2.05, 4.69) is 55.5 Å². The number of aromatic nitrogens is 3. The molecule has 1 aliphatic carbocycles. The van der Waals surface area contributed by atoms with E-state index in [4.69, 9.17) is 0 Å². The Morgan fingerprint density at radius 1 is 1.04 bits per heavy atom. The molecule has 0 bridgehead atoms. The third-order valence-corrected chi connectivity index (χ3v) is 5.22. The number of carbonyl (C=O) groups is 1. The average Bonchev–Trinajstić information content (AvgIpc) is 3.13. The van der Waals surface area contributed by atoms with Gasteiger partial charge in [0, 0.05) is 29.7 Å². The number of carbonyl (C=O) groups excluding carboxylic acids is 1. The van der Waals surface area contributed by atoms with Gasteiger partial charge in [-0.05, 0) is 43.0 Å². The smallest absolute Gasteiger partial charge is 0.320 e. The second-order valence-corrected chi connectivity index (χ2v) is 7.27. The zero-order valence-corrected chi connectivity index (χ0v) is 15.9. The first-order chi connectivity index (χ1) is 13.8. The first-order valence-corrected chi connectivity index (χ1v) is 9.98. The molecule has 3 aromatic rings. The van der Waals surface area contributed by atoms with Crippen molar-refractivity contribution in [2.75, 3.05) is 17.2 Å². The molecule has 7 heteroatoms. The second kappa shape index (κ2) is 8.73. The Morgan fingerprint density at radius 3 is 2.64 bits per heavy atom. The van der Waals surface area contributed by atoms with Gasteiger partial charge in [0.25, 0.3) is 0 Å². The van der Waals surface area contributed by atoms with E-state index in [1.165, 1.54) is 30.2 Å². The van der Waals surface area contributed by atoms with E-state index in [1.54, 1.807) is 6.07 Å². The van der Waals surface area contributed by atoms with Crippen LogP contribution < -0.4 is 16.0 Å². The molecule has 0 atom stereocenters. The van der Waals surface area contributed by atoms with Crippen molar-refractivity contribution in [3.8, 4) is 0 Å². The van der Waals surface area contributed by atoms with Crippen LogP contribution in [0.25, 0.3) is 10.9 Å². The summed E-state index contributed by atoms with van der Waals surface area (Å²) in [7, 11) is 0. The fraction of sp³-hybridized carbons (Fsp3) is 0.381. The van der Waals surface area contributed by atoms with Crippen molar-refractivity contribution < 1.29 is 4.79 Å². The van der Waals surface area contributed by atoms with Gasteiger partial charge in [-0.25, -0.2) is 4.79 Å². The molecule has 4 rings (SSSR count). The number of rotatable bonds is 6. The van der Waals surface area contributed by atoms with Crippen LogP contribution in [0.15, 0.2) is 42.6 Å². The molecule has 0 saturated heterocycles. The number of aromatic amines is 1. The molecular weight excluding hydrogens is 352 g/mol. The molecule has 0 spiro atoms. The molecular formula is C21H26N6O. The number of para-hydroxylation sites is 1. The number of nitrogens with one attached hydrogen (secondary N) is 4. The van der Waals surface area contributed by atoms with Crippen molar-refractivity contribution in [2.45, 2.75) is 44.6 Å². The lowest BCUT2D eigenvalue weighted by Gasteiger charge is -2.22. The molecule has 4 N–H and O–H groups in total. The summed E-state index contributed by atoms with van der Waals surface area (Å²) < 4.78 is 0. The van der Waals surface area contributed by atoms with Gasteiger partial charge in [0.1, 0.15) is 5.82 Å². The zero-order chi connectivity index (χ0) is 19.2. The standard InChI is InChI=1S/C21H26N6O/c28-21(24-16-6-2-1-3-7-16)25-20-11-10-19(26-27-20)22-13-12-15-14-23-18-9-5-4-8-17(15)18/h4-5,8-11,14,16,23H,1-3,6-7,12-13H2,(H,22,26)(H2,24,25,27,28). The highest BCUT2D eigenvalue weighted by Gasteiger charge is 2.15. The largest absolute Gasteiger partial charge is 0.368 e. The molecule has 7 nitrogen and oxygen atoms in total. The minimum atomic E-state index is -0.207. The van der Waals surface area contributed by atoms with Crippen LogP contribution in [-0.2, 0) is 6.42 Å². The van der Waals surface area contributed by atoms with E-state index in [0.717, 1.165) is 31.3 Å². The Balaban J connectivity index is 1.24. The molecule has 1 fully saturated rings. The van der Waals surface area contributed by atoms with Crippen LogP contribution in [0, 0.1) is 0 Å². The van der Waals surface area contributed by atoms with Crippen LogP contribution in [0.1, 0.15) is 37.7 Å². The van der Waals surface area contributed by atoms with Crippen molar-refractivity contribution in [3.63, 3.8) is 0 Å². The van der Waals surface area contributed by atoms with Crippen LogP contribution in [-0.4, -0.2) is 33.8 Å². The number of nitrogens with zero attached hydrogens (tertiary/aromatic N) is 2. The van der Waals surface area contributed by atoms with Crippen molar-refractivity contribution >= 4 is 28.6 Å². The Hall–Kier alpha value is -3.09. The summed E-state index contributed by atoms with van der Waals surface area (Å²) >= 11 is 0. The molecule has 28 heavy (non-hydrogen) atoms. The number of hydrogen-bond acceptors (Lipinski definition) is 4. The third-order valence-electron chi connectivity index (χ3n) is 5.22. The first kappa shape index (κ1) is 18.3. The molecule has 0 radical (unpaired) electrons. The van der Waals surface area contributed by atoms with Gasteiger partial charge < -0.3 is 15.6 Å². The van der Waals surface area contributed by atoms with E-state index >= 15 is 0 Å². The summed E-state index contributed by atoms with van der Waals surface area (Å²) in [6.45, 7) is 0.755. The van der Waals surface area contributed by atoms with Gasteiger partial charge in [0.15, 0.2) is 5.82 Å². The van der Waals surface area contributed by atoms with Crippen LogP contribution in [0.3, 0.4) is 0 Å². The number of urea groups is 1. The summed E-state index contributed by atoms with van der Waals surface area (Å²) in [5.74, 6) is 1.15. The molecule has 2 heterocycles. The predicted octanol–water partition coefficient (Wildman–Crippen LogP) is 4.07. The van der Waals surface area contributed by atoms with Crippen LogP contribution in [0.5, 0.6) is 0 Å². The van der Waals surface area contributed by atoms with Gasteiger partial charge in [-0.15, -0.1) is 10.2 Å². The third kappa shape index (κ3) is 4.60. The van der Waals surface area contributed by atoms with E-state index in [-0.39, 0.29) is 12.1 Å². The zero-order valence-electron chi connectivity index (χ0n) is 15.9. The summed E-state index contributed by atoms with van der Waals surface area (Å²) in [4.78, 5) is 15.4. The lowest BCUT2D eigenvalue weighted by molar-refractivity contribution is 0.244. The maximum Gasteiger partial charge on any atom is 0.320 e. The number of benzene rings is 1. The summed E-state index contributed by atoms with van der Waals surface area (Å²) in [6.07, 6.45) is 8.68. The molecule has 2 aromatic heterocycles. The highest BCUT2D eigenvalue weighted by molar-refractivity contribution is 5.88. The summed E-state index contributed by atoms with van der Waals surface area (Å²) in [5.41, 5.74) is 2.42. The summed E-state index contributed by atoms with van der Waals surface area (Å²) in [5, 5.41) is 18.5. The highest BCUT2D eigenvalue weighted by Crippen LogP contribution is 2.19. The van der Waals surface area contributed by atoms with Gasteiger partial charge in [0.2, 0.25) is 0 Å². The van der Waals surface area contributed by atoms with Crippen LogP contribution in [0.2, 0.25) is 0 Å². The molecule has 0 aliphatic heterocycles. The fourth-order valence-electron chi connectivity index (χ4n) is 3.74. The van der Waals surface area contributed by atoms with Crippen LogP contribution >= 0.6 is 0 Å². The molecule has 0 unspecified atom stereocenters. The van der Waals surface area contributed by atoms with Gasteiger partial charge in [-0.1, -0.05) is 37.5 Å². The lowest BCUT2D eigenvalue weighted by Crippen LogP contribution is -2.39. The summed E-state index contributed by atoms with van der Waals surface area (Å²) in [6, 6.07) is 11.9.